The van der Waals surface area contributed by atoms with E-state index in [9.17, 15) is 8.78 Å². The quantitative estimate of drug-likeness (QED) is 0.875. The molecule has 1 saturated heterocycles. The van der Waals surface area contributed by atoms with Crippen molar-refractivity contribution in [3.8, 4) is 0 Å². The molecule has 5 heteroatoms. The normalized spacial score (nSPS) is 18.8. The number of likely N-dealkylation sites (N-methyl/N-ethyl adjacent to an activating group) is 1. The van der Waals surface area contributed by atoms with Crippen LogP contribution in [0.1, 0.15) is 25.8 Å². The summed E-state index contributed by atoms with van der Waals surface area (Å²) in [5.41, 5.74) is 6.18. The van der Waals surface area contributed by atoms with Gasteiger partial charge < -0.3 is 10.6 Å². The molecule has 0 radical (unpaired) electrons. The summed E-state index contributed by atoms with van der Waals surface area (Å²) in [6.07, 6.45) is 1.45. The standard InChI is InChI=1S/C16H25F2N3/c1-3-20(4-2)13-6-8-21(11-13)16-14(17)9-12(5-7-19)10-15(16)18/h9-10,13H,3-8,11,19H2,1-2H3. The third kappa shape index (κ3) is 3.52. The van der Waals surface area contributed by atoms with Crippen LogP contribution >= 0.6 is 0 Å². The smallest absolute Gasteiger partial charge is 0.149 e. The average molecular weight is 297 g/mol. The second-order valence-electron chi connectivity index (χ2n) is 5.56. The number of nitrogens with zero attached hydrogens (tertiary/aromatic N) is 2. The number of halogens is 2. The van der Waals surface area contributed by atoms with Crippen LogP contribution in [-0.4, -0.2) is 43.7 Å². The molecule has 118 valence electrons. The second-order valence-corrected chi connectivity index (χ2v) is 5.56. The van der Waals surface area contributed by atoms with Gasteiger partial charge in [0.25, 0.3) is 0 Å². The van der Waals surface area contributed by atoms with Gasteiger partial charge in [-0.1, -0.05) is 13.8 Å². The molecule has 0 spiro atoms. The Kier molecular flexibility index (Phi) is 5.53. The number of hydrogen-bond donors (Lipinski definition) is 1. The molecule has 1 aliphatic heterocycles. The molecule has 0 bridgehead atoms. The van der Waals surface area contributed by atoms with E-state index in [0.29, 0.717) is 37.7 Å². The van der Waals surface area contributed by atoms with E-state index in [1.54, 1.807) is 0 Å². The first-order valence-corrected chi connectivity index (χ1v) is 7.77. The van der Waals surface area contributed by atoms with Crippen LogP contribution in [0.25, 0.3) is 0 Å². The minimum absolute atomic E-state index is 0.116. The Morgan fingerprint density at radius 3 is 2.38 bits per heavy atom. The van der Waals surface area contributed by atoms with Crippen molar-refractivity contribution in [2.75, 3.05) is 37.6 Å². The monoisotopic (exact) mass is 297 g/mol. The molecular formula is C16H25F2N3. The molecule has 0 saturated carbocycles. The van der Waals surface area contributed by atoms with E-state index in [-0.39, 0.29) is 5.69 Å². The third-order valence-electron chi connectivity index (χ3n) is 4.32. The maximum absolute atomic E-state index is 14.2. The van der Waals surface area contributed by atoms with Crippen LogP contribution in [0, 0.1) is 11.6 Å². The van der Waals surface area contributed by atoms with Crippen molar-refractivity contribution < 1.29 is 8.78 Å². The fraction of sp³-hybridized carbons (Fsp3) is 0.625. The molecule has 0 amide bonds. The molecular weight excluding hydrogens is 272 g/mol. The summed E-state index contributed by atoms with van der Waals surface area (Å²) in [6.45, 7) is 7.96. The minimum Gasteiger partial charge on any atom is -0.365 e. The van der Waals surface area contributed by atoms with Gasteiger partial charge in [-0.15, -0.1) is 0 Å². The zero-order valence-electron chi connectivity index (χ0n) is 12.9. The topological polar surface area (TPSA) is 32.5 Å². The zero-order chi connectivity index (χ0) is 15.4. The van der Waals surface area contributed by atoms with E-state index in [2.05, 4.69) is 18.7 Å². The predicted molar refractivity (Wildman–Crippen MR) is 82.7 cm³/mol. The second kappa shape index (κ2) is 7.18. The highest BCUT2D eigenvalue weighted by molar-refractivity contribution is 5.52. The van der Waals surface area contributed by atoms with Gasteiger partial charge in [0, 0.05) is 19.1 Å². The molecule has 1 aromatic carbocycles. The maximum atomic E-state index is 14.2. The lowest BCUT2D eigenvalue weighted by Crippen LogP contribution is -2.37. The summed E-state index contributed by atoms with van der Waals surface area (Å²) in [6, 6.07) is 3.20. The Labute approximate surface area is 125 Å². The summed E-state index contributed by atoms with van der Waals surface area (Å²) < 4.78 is 28.5. The molecule has 1 aliphatic rings. The Balaban J connectivity index is 2.16. The van der Waals surface area contributed by atoms with Crippen LogP contribution in [-0.2, 0) is 6.42 Å². The largest absolute Gasteiger partial charge is 0.365 e. The highest BCUT2D eigenvalue weighted by Gasteiger charge is 2.29. The van der Waals surface area contributed by atoms with Crippen molar-refractivity contribution in [1.82, 2.24) is 4.90 Å². The highest BCUT2D eigenvalue weighted by Crippen LogP contribution is 2.29. The number of nitrogens with two attached hydrogens (primary N) is 1. The first kappa shape index (κ1) is 16.2. The molecule has 0 aromatic heterocycles. The number of benzene rings is 1. The molecule has 1 aromatic rings. The fourth-order valence-electron chi connectivity index (χ4n) is 3.21. The van der Waals surface area contributed by atoms with Gasteiger partial charge in [0.05, 0.1) is 0 Å². The summed E-state index contributed by atoms with van der Waals surface area (Å²) in [5.74, 6) is -0.947. The van der Waals surface area contributed by atoms with Gasteiger partial charge in [-0.2, -0.15) is 0 Å². The van der Waals surface area contributed by atoms with Crippen molar-refractivity contribution >= 4 is 5.69 Å². The number of rotatable bonds is 6. The Morgan fingerprint density at radius 2 is 1.86 bits per heavy atom. The van der Waals surface area contributed by atoms with Crippen LogP contribution < -0.4 is 10.6 Å². The molecule has 1 fully saturated rings. The van der Waals surface area contributed by atoms with Crippen LogP contribution in [0.15, 0.2) is 12.1 Å². The lowest BCUT2D eigenvalue weighted by atomic mass is 10.1. The van der Waals surface area contributed by atoms with Crippen LogP contribution in [0.5, 0.6) is 0 Å². The van der Waals surface area contributed by atoms with Crippen molar-refractivity contribution in [3.63, 3.8) is 0 Å². The van der Waals surface area contributed by atoms with E-state index in [4.69, 9.17) is 5.73 Å². The highest BCUT2D eigenvalue weighted by atomic mass is 19.1. The Morgan fingerprint density at radius 1 is 1.24 bits per heavy atom. The summed E-state index contributed by atoms with van der Waals surface area (Å²) >= 11 is 0. The average Bonchev–Trinajstić information content (AvgIpc) is 2.89. The number of anilines is 1. The lowest BCUT2D eigenvalue weighted by Gasteiger charge is -2.27. The first-order chi connectivity index (χ1) is 10.1. The van der Waals surface area contributed by atoms with Crippen LogP contribution in [0.4, 0.5) is 14.5 Å². The van der Waals surface area contributed by atoms with E-state index >= 15 is 0 Å². The molecule has 3 nitrogen and oxygen atoms in total. The van der Waals surface area contributed by atoms with E-state index in [0.717, 1.165) is 19.5 Å². The van der Waals surface area contributed by atoms with Gasteiger partial charge in [-0.05, 0) is 50.2 Å². The zero-order valence-corrected chi connectivity index (χ0v) is 12.9. The van der Waals surface area contributed by atoms with Gasteiger partial charge in [-0.3, -0.25) is 4.90 Å². The van der Waals surface area contributed by atoms with Crippen LogP contribution in [0.3, 0.4) is 0 Å². The van der Waals surface area contributed by atoms with Gasteiger partial charge in [0.1, 0.15) is 17.3 Å². The molecule has 21 heavy (non-hydrogen) atoms. The van der Waals surface area contributed by atoms with Gasteiger partial charge in [0.15, 0.2) is 0 Å². The summed E-state index contributed by atoms with van der Waals surface area (Å²) in [5, 5.41) is 0. The maximum Gasteiger partial charge on any atom is 0.149 e. The third-order valence-corrected chi connectivity index (χ3v) is 4.32. The van der Waals surface area contributed by atoms with Gasteiger partial charge >= 0.3 is 0 Å². The SMILES string of the molecule is CCN(CC)C1CCN(c2c(F)cc(CCN)cc2F)C1. The molecule has 1 heterocycles. The number of hydrogen-bond acceptors (Lipinski definition) is 3. The lowest BCUT2D eigenvalue weighted by molar-refractivity contribution is 0.232. The van der Waals surface area contributed by atoms with Crippen molar-refractivity contribution in [3.05, 3.63) is 29.3 Å². The molecule has 2 N–H and O–H groups in total. The molecule has 1 unspecified atom stereocenters. The Hall–Kier alpha value is -1.20. The van der Waals surface area contributed by atoms with E-state index in [1.807, 2.05) is 4.90 Å². The van der Waals surface area contributed by atoms with Crippen molar-refractivity contribution in [2.45, 2.75) is 32.7 Å². The summed E-state index contributed by atoms with van der Waals surface area (Å²) in [4.78, 5) is 4.18. The fourth-order valence-corrected chi connectivity index (χ4v) is 3.21. The van der Waals surface area contributed by atoms with Crippen molar-refractivity contribution in [2.24, 2.45) is 5.73 Å². The van der Waals surface area contributed by atoms with Crippen molar-refractivity contribution in [1.29, 1.82) is 0 Å². The van der Waals surface area contributed by atoms with Crippen LogP contribution in [0.2, 0.25) is 0 Å². The van der Waals surface area contributed by atoms with Gasteiger partial charge in [0.2, 0.25) is 0 Å². The summed E-state index contributed by atoms with van der Waals surface area (Å²) in [7, 11) is 0. The Bertz CT molecular complexity index is 452. The van der Waals surface area contributed by atoms with Gasteiger partial charge in [-0.25, -0.2) is 8.78 Å². The minimum atomic E-state index is -0.473. The molecule has 1 atom stereocenters. The predicted octanol–water partition coefficient (Wildman–Crippen LogP) is 2.39. The van der Waals surface area contributed by atoms with E-state index < -0.39 is 11.6 Å². The first-order valence-electron chi connectivity index (χ1n) is 7.77. The molecule has 0 aliphatic carbocycles. The molecule has 2 rings (SSSR count). The van der Waals surface area contributed by atoms with E-state index in [1.165, 1.54) is 12.1 Å².